The molecule has 0 radical (unpaired) electrons. The lowest BCUT2D eigenvalue weighted by molar-refractivity contribution is -0.124. The van der Waals surface area contributed by atoms with Crippen molar-refractivity contribution >= 4 is 18.9 Å². The van der Waals surface area contributed by atoms with Crippen LogP contribution in [0, 0.1) is 10.8 Å². The Balaban J connectivity index is 0.000000321. The number of rotatable bonds is 5. The van der Waals surface area contributed by atoms with E-state index in [0.29, 0.717) is 29.7 Å². The van der Waals surface area contributed by atoms with Crippen molar-refractivity contribution in [1.29, 1.82) is 0 Å². The van der Waals surface area contributed by atoms with Crippen LogP contribution in [0.4, 0.5) is 0 Å². The van der Waals surface area contributed by atoms with Crippen molar-refractivity contribution in [3.05, 3.63) is 112 Å². The van der Waals surface area contributed by atoms with Gasteiger partial charge in [0.05, 0.1) is 5.56 Å². The molecule has 2 aliphatic rings. The third kappa shape index (κ3) is 14.3. The van der Waals surface area contributed by atoms with Crippen LogP contribution in [0.5, 0.6) is 5.75 Å². The number of hydrogen-bond donors (Lipinski definition) is 1. The highest BCUT2D eigenvalue weighted by Gasteiger charge is 2.23. The van der Waals surface area contributed by atoms with Gasteiger partial charge >= 0.3 is 5.97 Å². The number of carbonyl (C=O) groups is 3. The van der Waals surface area contributed by atoms with E-state index >= 15 is 0 Å². The summed E-state index contributed by atoms with van der Waals surface area (Å²) in [6.07, 6.45) is 10.5. The van der Waals surface area contributed by atoms with Crippen LogP contribution >= 0.6 is 0 Å². The first-order chi connectivity index (χ1) is 22.0. The predicted octanol–water partition coefficient (Wildman–Crippen LogP) is 10.9. The lowest BCUT2D eigenvalue weighted by Gasteiger charge is -2.21. The topological polar surface area (TPSA) is 89.9 Å². The van der Waals surface area contributed by atoms with E-state index in [1.54, 1.807) is 29.8 Å². The molecule has 0 aromatic heterocycles. The molecule has 6 heteroatoms. The minimum atomic E-state index is -0.869. The predicted molar refractivity (Wildman–Crippen MR) is 197 cm³/mol. The molecule has 0 aliphatic heterocycles. The Hall–Kier alpha value is -4.19. The highest BCUT2D eigenvalue weighted by atomic mass is 16.5. The fraction of sp³-hybridized carbons (Fsp3) is 0.452. The van der Waals surface area contributed by atoms with Crippen LogP contribution < -0.4 is 4.74 Å². The maximum absolute atomic E-state index is 10.7. The van der Waals surface area contributed by atoms with E-state index in [1.807, 2.05) is 36.4 Å². The molecule has 2 aliphatic carbocycles. The zero-order valence-electron chi connectivity index (χ0n) is 31.5. The van der Waals surface area contributed by atoms with E-state index in [9.17, 15) is 14.4 Å². The molecule has 0 unspecified atom stereocenters. The fourth-order valence-electron chi connectivity index (χ4n) is 4.87. The van der Waals surface area contributed by atoms with Gasteiger partial charge in [-0.15, -0.1) is 0 Å². The average Bonchev–Trinajstić information content (AvgIpc) is 3.63. The van der Waals surface area contributed by atoms with E-state index in [4.69, 9.17) is 14.6 Å². The minimum absolute atomic E-state index is 0.000394. The lowest BCUT2D eigenvalue weighted by Crippen LogP contribution is -2.12. The van der Waals surface area contributed by atoms with Crippen LogP contribution in [0.25, 0.3) is 0 Å². The molecule has 0 saturated carbocycles. The lowest BCUT2D eigenvalue weighted by atomic mass is 9.85. The molecule has 0 fully saturated rings. The van der Waals surface area contributed by atoms with Gasteiger partial charge in [0.15, 0.2) is 0 Å². The molecular formula is C42H58O6. The SMILES string of the molecule is CC(C)(C)C1=C(OC=O)C=CC1.CC(C)(C)c1cccc(C(=O)O)c1.CC(C)(C)c1ccccc1OC=O.CC1=CCC(C(C)(C)C)=C1. The molecule has 0 bridgehead atoms. The second kappa shape index (κ2) is 17.8. The van der Waals surface area contributed by atoms with Gasteiger partial charge in [-0.25, -0.2) is 4.79 Å². The van der Waals surface area contributed by atoms with E-state index < -0.39 is 5.97 Å². The summed E-state index contributed by atoms with van der Waals surface area (Å²) in [6.45, 7) is 28.7. The molecule has 48 heavy (non-hydrogen) atoms. The Bertz CT molecular complexity index is 1510. The Kier molecular flexibility index (Phi) is 15.5. The van der Waals surface area contributed by atoms with E-state index in [1.165, 1.54) is 11.1 Å². The first kappa shape index (κ1) is 41.8. The molecule has 2 aromatic carbocycles. The second-order valence-electron chi connectivity index (χ2n) is 16.1. The van der Waals surface area contributed by atoms with Crippen molar-refractivity contribution in [2.75, 3.05) is 0 Å². The van der Waals surface area contributed by atoms with Crippen LogP contribution in [0.2, 0.25) is 0 Å². The summed E-state index contributed by atoms with van der Waals surface area (Å²) >= 11 is 0. The molecule has 2 aromatic rings. The standard InChI is InChI=1S/2C11H14O2.C10H14O2.C10H16/c1-11(2,3)9-6-4-5-8(7-9)10(12)13;1-11(2,3)9-6-4-5-7-10(9)13-8-12;1-10(2,3)8-5-4-6-9(8)12-7-11;1-8-5-6-9(7-8)10(2,3)4/h4-7H,1-3H3,(H,12,13);4-8H,1-3H3;4,6-7H,5H2,1-3H3;5,7H,6H2,1-4H3. The average molecular weight is 659 g/mol. The summed E-state index contributed by atoms with van der Waals surface area (Å²) in [4.78, 5) is 31.1. The maximum atomic E-state index is 10.7. The quantitative estimate of drug-likeness (QED) is 0.322. The van der Waals surface area contributed by atoms with Crippen molar-refractivity contribution in [1.82, 2.24) is 0 Å². The molecule has 4 rings (SSSR count). The minimum Gasteiger partial charge on any atom is -0.478 e. The largest absolute Gasteiger partial charge is 0.478 e. The Morgan fingerprint density at radius 1 is 0.729 bits per heavy atom. The van der Waals surface area contributed by atoms with Crippen molar-refractivity contribution in [2.24, 2.45) is 10.8 Å². The van der Waals surface area contributed by atoms with Gasteiger partial charge in [-0.1, -0.05) is 143 Å². The zero-order valence-corrected chi connectivity index (χ0v) is 31.5. The summed E-state index contributed by atoms with van der Waals surface area (Å²) in [5.74, 6) is 0.494. The number of hydrogen-bond acceptors (Lipinski definition) is 5. The van der Waals surface area contributed by atoms with Gasteiger partial charge in [-0.05, 0) is 76.8 Å². The Morgan fingerprint density at radius 2 is 1.33 bits per heavy atom. The van der Waals surface area contributed by atoms with Crippen LogP contribution in [0.3, 0.4) is 0 Å². The first-order valence-corrected chi connectivity index (χ1v) is 16.4. The fourth-order valence-corrected chi connectivity index (χ4v) is 4.87. The summed E-state index contributed by atoms with van der Waals surface area (Å²) in [5.41, 5.74) is 7.08. The Morgan fingerprint density at radius 3 is 1.77 bits per heavy atom. The third-order valence-corrected chi connectivity index (χ3v) is 7.82. The number of ether oxygens (including phenoxy) is 2. The zero-order chi connectivity index (χ0) is 36.9. The molecule has 6 nitrogen and oxygen atoms in total. The van der Waals surface area contributed by atoms with Gasteiger partial charge in [0, 0.05) is 5.56 Å². The van der Waals surface area contributed by atoms with Crippen LogP contribution in [-0.4, -0.2) is 24.0 Å². The molecule has 0 saturated heterocycles. The highest BCUT2D eigenvalue weighted by Crippen LogP contribution is 2.35. The second-order valence-corrected chi connectivity index (χ2v) is 16.1. The van der Waals surface area contributed by atoms with Crippen LogP contribution in [0.15, 0.2) is 95.3 Å². The molecular weight excluding hydrogens is 600 g/mol. The molecule has 0 atom stereocenters. The van der Waals surface area contributed by atoms with Gasteiger partial charge in [-0.3, -0.25) is 9.59 Å². The van der Waals surface area contributed by atoms with E-state index in [2.05, 4.69) is 102 Å². The van der Waals surface area contributed by atoms with Gasteiger partial charge in [0.25, 0.3) is 12.9 Å². The van der Waals surface area contributed by atoms with Gasteiger partial charge < -0.3 is 14.6 Å². The van der Waals surface area contributed by atoms with Crippen molar-refractivity contribution in [3.63, 3.8) is 0 Å². The van der Waals surface area contributed by atoms with Gasteiger partial charge in [0.2, 0.25) is 0 Å². The smallest absolute Gasteiger partial charge is 0.335 e. The normalized spacial score (nSPS) is 14.2. The van der Waals surface area contributed by atoms with Crippen molar-refractivity contribution in [3.8, 4) is 5.75 Å². The number of benzene rings is 2. The molecule has 262 valence electrons. The van der Waals surface area contributed by atoms with E-state index in [0.717, 1.165) is 29.7 Å². The Labute approximate surface area is 289 Å². The molecule has 0 heterocycles. The number of carboxylic acid groups (broad SMARTS) is 1. The monoisotopic (exact) mass is 658 g/mol. The van der Waals surface area contributed by atoms with Crippen LogP contribution in [0.1, 0.15) is 124 Å². The summed E-state index contributed by atoms with van der Waals surface area (Å²) in [5, 5.41) is 8.77. The summed E-state index contributed by atoms with van der Waals surface area (Å²) in [6, 6.07) is 14.6. The van der Waals surface area contributed by atoms with E-state index in [-0.39, 0.29) is 16.2 Å². The van der Waals surface area contributed by atoms with Crippen molar-refractivity contribution in [2.45, 2.75) is 114 Å². The summed E-state index contributed by atoms with van der Waals surface area (Å²) < 4.78 is 9.74. The number of allylic oxidation sites excluding steroid dienone is 7. The van der Waals surface area contributed by atoms with Gasteiger partial charge in [0.1, 0.15) is 11.5 Å². The molecule has 1 N–H and O–H groups in total. The first-order valence-electron chi connectivity index (χ1n) is 16.4. The molecule has 0 spiro atoms. The number of carboxylic acids is 1. The third-order valence-electron chi connectivity index (χ3n) is 7.82. The summed E-state index contributed by atoms with van der Waals surface area (Å²) in [7, 11) is 0. The maximum Gasteiger partial charge on any atom is 0.335 e. The highest BCUT2D eigenvalue weighted by molar-refractivity contribution is 5.87. The number of aromatic carboxylic acids is 1. The number of carbonyl (C=O) groups excluding carboxylic acids is 2. The van der Waals surface area contributed by atoms with Crippen LogP contribution in [-0.2, 0) is 25.2 Å². The van der Waals surface area contributed by atoms with Crippen molar-refractivity contribution < 1.29 is 29.0 Å². The molecule has 0 amide bonds. The van der Waals surface area contributed by atoms with Gasteiger partial charge in [-0.2, -0.15) is 0 Å². The number of para-hydroxylation sites is 1.